The molecular formula is C14H20Cl2O. The minimum absolute atomic E-state index is 0.172. The first-order valence-corrected chi connectivity index (χ1v) is 6.73. The SMILES string of the molecule is CC(C)C(C(C)C)C(O)c1cccc(Cl)c1Cl. The van der Waals surface area contributed by atoms with Gasteiger partial charge in [-0.3, -0.25) is 0 Å². The zero-order chi connectivity index (χ0) is 13.2. The van der Waals surface area contributed by atoms with Crippen molar-refractivity contribution in [3.63, 3.8) is 0 Å². The third-order valence-corrected chi connectivity index (χ3v) is 4.04. The fourth-order valence-electron chi connectivity index (χ4n) is 2.46. The van der Waals surface area contributed by atoms with Crippen LogP contribution in [0.3, 0.4) is 0 Å². The van der Waals surface area contributed by atoms with Crippen molar-refractivity contribution < 1.29 is 5.11 Å². The van der Waals surface area contributed by atoms with Crippen LogP contribution in [0.4, 0.5) is 0 Å². The normalized spacial score (nSPS) is 13.8. The third kappa shape index (κ3) is 3.37. The van der Waals surface area contributed by atoms with Gasteiger partial charge in [0.2, 0.25) is 0 Å². The standard InChI is InChI=1S/C14H20Cl2O/c1-8(2)12(9(3)4)14(17)10-6-5-7-11(15)13(10)16/h5-9,12,14,17H,1-4H3. The number of aliphatic hydroxyl groups is 1. The maximum absolute atomic E-state index is 10.5. The van der Waals surface area contributed by atoms with Crippen molar-refractivity contribution in [2.24, 2.45) is 17.8 Å². The van der Waals surface area contributed by atoms with E-state index in [2.05, 4.69) is 27.7 Å². The quantitative estimate of drug-likeness (QED) is 0.823. The molecule has 1 unspecified atom stereocenters. The van der Waals surface area contributed by atoms with Gasteiger partial charge in [0.1, 0.15) is 0 Å². The number of aliphatic hydroxyl groups excluding tert-OH is 1. The highest BCUT2D eigenvalue weighted by atomic mass is 35.5. The molecule has 1 rings (SSSR count). The van der Waals surface area contributed by atoms with Crippen molar-refractivity contribution in [1.82, 2.24) is 0 Å². The third-order valence-electron chi connectivity index (χ3n) is 3.20. The van der Waals surface area contributed by atoms with Crippen LogP contribution in [0, 0.1) is 17.8 Å². The van der Waals surface area contributed by atoms with Gasteiger partial charge < -0.3 is 5.11 Å². The van der Waals surface area contributed by atoms with Crippen LogP contribution < -0.4 is 0 Å². The molecule has 17 heavy (non-hydrogen) atoms. The van der Waals surface area contributed by atoms with E-state index in [4.69, 9.17) is 23.2 Å². The van der Waals surface area contributed by atoms with E-state index in [1.54, 1.807) is 6.07 Å². The summed E-state index contributed by atoms with van der Waals surface area (Å²) in [5, 5.41) is 11.4. The molecule has 0 aliphatic heterocycles. The lowest BCUT2D eigenvalue weighted by molar-refractivity contribution is 0.0526. The summed E-state index contributed by atoms with van der Waals surface area (Å²) >= 11 is 12.1. The Bertz CT molecular complexity index is 366. The summed E-state index contributed by atoms with van der Waals surface area (Å²) in [6.45, 7) is 8.47. The van der Waals surface area contributed by atoms with Crippen LogP contribution in [-0.2, 0) is 0 Å². The van der Waals surface area contributed by atoms with Gasteiger partial charge in [-0.1, -0.05) is 63.0 Å². The van der Waals surface area contributed by atoms with E-state index >= 15 is 0 Å². The van der Waals surface area contributed by atoms with Crippen molar-refractivity contribution in [2.75, 3.05) is 0 Å². The number of benzene rings is 1. The predicted octanol–water partition coefficient (Wildman–Crippen LogP) is 4.96. The molecule has 96 valence electrons. The second-order valence-electron chi connectivity index (χ2n) is 5.15. The van der Waals surface area contributed by atoms with Crippen LogP contribution in [0.15, 0.2) is 18.2 Å². The van der Waals surface area contributed by atoms with Crippen LogP contribution in [0.1, 0.15) is 39.4 Å². The zero-order valence-corrected chi connectivity index (χ0v) is 12.3. The van der Waals surface area contributed by atoms with Crippen LogP contribution >= 0.6 is 23.2 Å². The Morgan fingerprint density at radius 3 is 2.00 bits per heavy atom. The molecule has 1 aromatic carbocycles. The van der Waals surface area contributed by atoms with E-state index in [0.29, 0.717) is 21.9 Å². The highest BCUT2D eigenvalue weighted by Crippen LogP contribution is 2.38. The van der Waals surface area contributed by atoms with E-state index in [9.17, 15) is 5.11 Å². The van der Waals surface area contributed by atoms with Gasteiger partial charge in [0.25, 0.3) is 0 Å². The summed E-state index contributed by atoms with van der Waals surface area (Å²) in [5.74, 6) is 0.950. The molecule has 0 aliphatic rings. The average molecular weight is 275 g/mol. The molecule has 0 spiro atoms. The van der Waals surface area contributed by atoms with Gasteiger partial charge >= 0.3 is 0 Å². The average Bonchev–Trinajstić information content (AvgIpc) is 2.20. The Morgan fingerprint density at radius 1 is 1.00 bits per heavy atom. The first-order chi connectivity index (χ1) is 7.86. The molecule has 1 aromatic rings. The van der Waals surface area contributed by atoms with Gasteiger partial charge in [0.15, 0.2) is 0 Å². The molecule has 1 atom stereocenters. The summed E-state index contributed by atoms with van der Waals surface area (Å²) < 4.78 is 0. The van der Waals surface area contributed by atoms with Crippen LogP contribution in [0.2, 0.25) is 10.0 Å². The summed E-state index contributed by atoms with van der Waals surface area (Å²) in [6, 6.07) is 5.40. The number of rotatable bonds is 4. The van der Waals surface area contributed by atoms with Crippen molar-refractivity contribution in [2.45, 2.75) is 33.8 Å². The molecule has 0 amide bonds. The molecule has 0 radical (unpaired) electrons. The molecule has 0 fully saturated rings. The highest BCUT2D eigenvalue weighted by molar-refractivity contribution is 6.42. The molecule has 0 saturated heterocycles. The van der Waals surface area contributed by atoms with Gasteiger partial charge in [0.05, 0.1) is 16.1 Å². The topological polar surface area (TPSA) is 20.2 Å². The van der Waals surface area contributed by atoms with Crippen LogP contribution in [0.5, 0.6) is 0 Å². The lowest BCUT2D eigenvalue weighted by Gasteiger charge is -2.30. The fourth-order valence-corrected chi connectivity index (χ4v) is 2.87. The molecule has 0 heterocycles. The summed E-state index contributed by atoms with van der Waals surface area (Å²) in [4.78, 5) is 0. The minimum atomic E-state index is -0.568. The highest BCUT2D eigenvalue weighted by Gasteiger charge is 2.28. The lowest BCUT2D eigenvalue weighted by atomic mass is 9.79. The molecular weight excluding hydrogens is 255 g/mol. The molecule has 1 N–H and O–H groups in total. The number of hydrogen-bond acceptors (Lipinski definition) is 1. The minimum Gasteiger partial charge on any atom is -0.388 e. The molecule has 0 aromatic heterocycles. The smallest absolute Gasteiger partial charge is 0.0837 e. The Balaban J connectivity index is 3.09. The summed E-state index contributed by atoms with van der Waals surface area (Å²) in [6.07, 6.45) is -0.568. The molecule has 3 heteroatoms. The van der Waals surface area contributed by atoms with Gasteiger partial charge in [-0.25, -0.2) is 0 Å². The van der Waals surface area contributed by atoms with Gasteiger partial charge in [-0.15, -0.1) is 0 Å². The van der Waals surface area contributed by atoms with E-state index in [-0.39, 0.29) is 5.92 Å². The summed E-state index contributed by atoms with van der Waals surface area (Å²) in [7, 11) is 0. The first-order valence-electron chi connectivity index (χ1n) is 5.98. The molecule has 1 nitrogen and oxygen atoms in total. The maximum Gasteiger partial charge on any atom is 0.0837 e. The van der Waals surface area contributed by atoms with Crippen molar-refractivity contribution in [3.8, 4) is 0 Å². The van der Waals surface area contributed by atoms with Crippen molar-refractivity contribution in [1.29, 1.82) is 0 Å². The Hall–Kier alpha value is -0.240. The van der Waals surface area contributed by atoms with E-state index < -0.39 is 6.10 Å². The Labute approximate surface area is 114 Å². The number of hydrogen-bond donors (Lipinski definition) is 1. The molecule has 0 saturated carbocycles. The van der Waals surface area contributed by atoms with Crippen molar-refractivity contribution >= 4 is 23.2 Å². The fraction of sp³-hybridized carbons (Fsp3) is 0.571. The summed E-state index contributed by atoms with van der Waals surface area (Å²) in [5.41, 5.74) is 0.728. The van der Waals surface area contributed by atoms with E-state index in [1.165, 1.54) is 0 Å². The largest absolute Gasteiger partial charge is 0.388 e. The lowest BCUT2D eigenvalue weighted by Crippen LogP contribution is -2.24. The number of halogens is 2. The Kier molecular flexibility index (Phi) is 5.30. The van der Waals surface area contributed by atoms with Crippen LogP contribution in [0.25, 0.3) is 0 Å². The molecule has 0 bridgehead atoms. The zero-order valence-electron chi connectivity index (χ0n) is 10.7. The molecule has 0 aliphatic carbocycles. The van der Waals surface area contributed by atoms with E-state index in [1.807, 2.05) is 12.1 Å². The maximum atomic E-state index is 10.5. The second kappa shape index (κ2) is 6.08. The Morgan fingerprint density at radius 2 is 1.53 bits per heavy atom. The second-order valence-corrected chi connectivity index (χ2v) is 5.94. The van der Waals surface area contributed by atoms with Gasteiger partial charge in [0, 0.05) is 5.56 Å². The van der Waals surface area contributed by atoms with E-state index in [0.717, 1.165) is 5.56 Å². The van der Waals surface area contributed by atoms with Crippen molar-refractivity contribution in [3.05, 3.63) is 33.8 Å². The van der Waals surface area contributed by atoms with Gasteiger partial charge in [-0.2, -0.15) is 0 Å². The predicted molar refractivity (Wildman–Crippen MR) is 74.6 cm³/mol. The van der Waals surface area contributed by atoms with Gasteiger partial charge in [-0.05, 0) is 23.8 Å². The van der Waals surface area contributed by atoms with Crippen LogP contribution in [-0.4, -0.2) is 5.11 Å². The first kappa shape index (κ1) is 14.8. The monoisotopic (exact) mass is 274 g/mol.